The molecule has 4 atom stereocenters. The number of aliphatic hydroxyl groups is 2. The number of likely N-dealkylation sites (tertiary alicyclic amines) is 1. The topological polar surface area (TPSA) is 99.0 Å². The third kappa shape index (κ3) is 8.64. The number of aryl methyl sites for hydroxylation is 2. The van der Waals surface area contributed by atoms with Crippen LogP contribution in [0, 0.1) is 13.8 Å². The molecule has 3 aliphatic heterocycles. The Bertz CT molecular complexity index is 1150. The van der Waals surface area contributed by atoms with Crippen molar-refractivity contribution in [2.45, 2.75) is 63.8 Å². The van der Waals surface area contributed by atoms with Crippen molar-refractivity contribution in [2.75, 3.05) is 88.7 Å². The second-order valence-electron chi connectivity index (χ2n) is 13.9. The molecule has 0 bridgehead atoms. The van der Waals surface area contributed by atoms with Crippen LogP contribution < -0.4 is 21.3 Å². The SMILES string of the molecule is Cc1cc(N2CC(O)CC2C[N+](C)(C)C)ccc1N.Cc1cc(N2CC(O)CC2C[N+]2(C)CCCC2)ccc1N.Cl. The van der Waals surface area contributed by atoms with E-state index in [0.717, 1.165) is 63.9 Å². The Morgan fingerprint density at radius 3 is 1.68 bits per heavy atom. The summed E-state index contributed by atoms with van der Waals surface area (Å²) in [7, 11) is 8.94. The first-order chi connectivity index (χ1) is 18.7. The molecular weight excluding hydrogens is 536 g/mol. The van der Waals surface area contributed by atoms with Gasteiger partial charge in [0, 0.05) is 61.5 Å². The number of nitrogen functional groups attached to an aromatic ring is 2. The maximum absolute atomic E-state index is 10.1. The molecular formula is C32H55ClN6O2+2. The lowest BCUT2D eigenvalue weighted by Crippen LogP contribution is -2.50. The number of halogens is 1. The van der Waals surface area contributed by atoms with E-state index >= 15 is 0 Å². The molecule has 8 nitrogen and oxygen atoms in total. The van der Waals surface area contributed by atoms with Gasteiger partial charge in [0.25, 0.3) is 0 Å². The third-order valence-corrected chi connectivity index (χ3v) is 9.01. The third-order valence-electron chi connectivity index (χ3n) is 9.01. The molecule has 2 aromatic rings. The highest BCUT2D eigenvalue weighted by Crippen LogP contribution is 2.31. The van der Waals surface area contributed by atoms with Crippen molar-refractivity contribution in [2.24, 2.45) is 0 Å². The number of nitrogens with two attached hydrogens (primary N) is 2. The number of β-amino-alcohol motifs (C(OH)–C–C–N with tert-alkyl or cyclic N) is 2. The predicted octanol–water partition coefficient (Wildman–Crippen LogP) is 3.40. The van der Waals surface area contributed by atoms with E-state index in [-0.39, 0.29) is 24.6 Å². The highest BCUT2D eigenvalue weighted by atomic mass is 35.5. The Balaban J connectivity index is 0.000000221. The summed E-state index contributed by atoms with van der Waals surface area (Å²) in [5, 5.41) is 20.1. The minimum atomic E-state index is -0.227. The van der Waals surface area contributed by atoms with Gasteiger partial charge in [0.05, 0.1) is 78.7 Å². The largest absolute Gasteiger partial charge is 0.399 e. The molecule has 0 amide bonds. The van der Waals surface area contributed by atoms with Crippen LogP contribution in [0.4, 0.5) is 22.7 Å². The Morgan fingerprint density at radius 1 is 0.805 bits per heavy atom. The summed E-state index contributed by atoms with van der Waals surface area (Å²) >= 11 is 0. The number of hydrogen-bond donors (Lipinski definition) is 4. The van der Waals surface area contributed by atoms with E-state index < -0.39 is 0 Å². The lowest BCUT2D eigenvalue weighted by atomic mass is 10.1. The molecule has 5 rings (SSSR count). The maximum Gasteiger partial charge on any atom is 0.0992 e. The molecule has 2 aromatic carbocycles. The van der Waals surface area contributed by atoms with Crippen LogP contribution in [-0.4, -0.2) is 111 Å². The van der Waals surface area contributed by atoms with Gasteiger partial charge in [0.1, 0.15) is 0 Å². The van der Waals surface area contributed by atoms with Crippen molar-refractivity contribution in [3.63, 3.8) is 0 Å². The number of nitrogens with zero attached hydrogens (tertiary/aromatic N) is 4. The van der Waals surface area contributed by atoms with Crippen LogP contribution in [0.25, 0.3) is 0 Å². The summed E-state index contributed by atoms with van der Waals surface area (Å²) in [4.78, 5) is 4.71. The number of likely N-dealkylation sites (N-methyl/N-ethyl adjacent to an activating group) is 2. The van der Waals surface area contributed by atoms with Gasteiger partial charge in [-0.05, 0) is 61.4 Å². The van der Waals surface area contributed by atoms with E-state index in [1.807, 2.05) is 19.1 Å². The number of anilines is 4. The first kappa shape index (κ1) is 33.3. The number of quaternary nitrogens is 2. The lowest BCUT2D eigenvalue weighted by Gasteiger charge is -2.36. The molecule has 230 valence electrons. The second kappa shape index (κ2) is 13.4. The molecule has 0 aliphatic carbocycles. The molecule has 0 aromatic heterocycles. The average molecular weight is 591 g/mol. The van der Waals surface area contributed by atoms with Crippen molar-refractivity contribution < 1.29 is 19.2 Å². The molecule has 0 spiro atoms. The van der Waals surface area contributed by atoms with Gasteiger partial charge in [-0.1, -0.05) is 0 Å². The van der Waals surface area contributed by atoms with E-state index in [2.05, 4.69) is 69.2 Å². The van der Waals surface area contributed by atoms with Gasteiger partial charge in [0.15, 0.2) is 0 Å². The Labute approximate surface area is 254 Å². The highest BCUT2D eigenvalue weighted by Gasteiger charge is 2.38. The second-order valence-corrected chi connectivity index (χ2v) is 13.9. The summed E-state index contributed by atoms with van der Waals surface area (Å²) in [5.41, 5.74) is 18.1. The Morgan fingerprint density at radius 2 is 1.24 bits per heavy atom. The summed E-state index contributed by atoms with van der Waals surface area (Å²) in [6, 6.07) is 13.2. The van der Waals surface area contributed by atoms with Crippen LogP contribution in [0.2, 0.25) is 0 Å². The van der Waals surface area contributed by atoms with Crippen LogP contribution in [0.15, 0.2) is 36.4 Å². The molecule has 3 fully saturated rings. The van der Waals surface area contributed by atoms with Crippen molar-refractivity contribution in [1.82, 2.24) is 0 Å². The molecule has 4 unspecified atom stereocenters. The monoisotopic (exact) mass is 590 g/mol. The smallest absolute Gasteiger partial charge is 0.0992 e. The van der Waals surface area contributed by atoms with Crippen molar-refractivity contribution >= 4 is 35.2 Å². The zero-order valence-electron chi connectivity index (χ0n) is 26.1. The van der Waals surface area contributed by atoms with Gasteiger partial charge in [0.2, 0.25) is 0 Å². The highest BCUT2D eigenvalue weighted by molar-refractivity contribution is 5.85. The van der Waals surface area contributed by atoms with E-state index in [0.29, 0.717) is 18.6 Å². The summed E-state index contributed by atoms with van der Waals surface area (Å²) < 4.78 is 2.06. The molecule has 3 heterocycles. The van der Waals surface area contributed by atoms with E-state index in [4.69, 9.17) is 11.5 Å². The standard InChI is InChI=1S/C17H28N3O.C15H26N3O.ClH/c1-13-9-14(5-6-17(13)18)19-11-16(21)10-15(19)12-20(2)7-3-4-8-20;1-11-7-12(5-6-15(11)16)17-9-14(19)8-13(17)10-18(2,3)4;/h5-6,9,15-16,21H,3-4,7-8,10-12,18H2,1-2H3;5-7,13-14,19H,8-10,16H2,1-4H3;1H/q2*+1;. The summed E-state index contributed by atoms with van der Waals surface area (Å²) in [6.07, 6.45) is 3.98. The van der Waals surface area contributed by atoms with Crippen LogP contribution in [0.3, 0.4) is 0 Å². The Hall–Kier alpha value is -2.23. The van der Waals surface area contributed by atoms with E-state index in [1.165, 1.54) is 37.3 Å². The zero-order chi connectivity index (χ0) is 29.2. The van der Waals surface area contributed by atoms with E-state index in [1.54, 1.807) is 0 Å². The lowest BCUT2D eigenvalue weighted by molar-refractivity contribution is -0.898. The van der Waals surface area contributed by atoms with Gasteiger partial charge in [-0.2, -0.15) is 0 Å². The van der Waals surface area contributed by atoms with E-state index in [9.17, 15) is 10.2 Å². The normalized spacial score (nSPS) is 25.6. The molecule has 6 N–H and O–H groups in total. The van der Waals surface area contributed by atoms with Gasteiger partial charge in [-0.3, -0.25) is 0 Å². The number of rotatable bonds is 6. The van der Waals surface area contributed by atoms with Crippen molar-refractivity contribution in [1.29, 1.82) is 0 Å². The first-order valence-electron chi connectivity index (χ1n) is 15.0. The molecule has 3 aliphatic rings. The average Bonchev–Trinajstić information content (AvgIpc) is 3.55. The molecule has 9 heteroatoms. The van der Waals surface area contributed by atoms with Crippen LogP contribution in [0.5, 0.6) is 0 Å². The van der Waals surface area contributed by atoms with Gasteiger partial charge in [-0.15, -0.1) is 12.4 Å². The van der Waals surface area contributed by atoms with Crippen molar-refractivity contribution in [3.05, 3.63) is 47.5 Å². The minimum absolute atomic E-state index is 0. The van der Waals surface area contributed by atoms with Gasteiger partial charge < -0.3 is 40.4 Å². The fraction of sp³-hybridized carbons (Fsp3) is 0.625. The predicted molar refractivity (Wildman–Crippen MR) is 175 cm³/mol. The van der Waals surface area contributed by atoms with Crippen LogP contribution in [0.1, 0.15) is 36.8 Å². The summed E-state index contributed by atoms with van der Waals surface area (Å²) in [6.45, 7) is 10.3. The van der Waals surface area contributed by atoms with Crippen LogP contribution >= 0.6 is 12.4 Å². The summed E-state index contributed by atoms with van der Waals surface area (Å²) in [5.74, 6) is 0. The minimum Gasteiger partial charge on any atom is -0.399 e. The fourth-order valence-electron chi connectivity index (χ4n) is 6.86. The molecule has 41 heavy (non-hydrogen) atoms. The number of aliphatic hydroxyl groups excluding tert-OH is 2. The number of benzene rings is 2. The maximum atomic E-state index is 10.1. The first-order valence-corrected chi connectivity index (χ1v) is 15.0. The van der Waals surface area contributed by atoms with Crippen LogP contribution in [-0.2, 0) is 0 Å². The van der Waals surface area contributed by atoms with Crippen molar-refractivity contribution in [3.8, 4) is 0 Å². The van der Waals surface area contributed by atoms with Gasteiger partial charge in [-0.25, -0.2) is 0 Å². The molecule has 0 saturated carbocycles. The van der Waals surface area contributed by atoms with Gasteiger partial charge >= 0.3 is 0 Å². The zero-order valence-corrected chi connectivity index (χ0v) is 26.9. The fourth-order valence-corrected chi connectivity index (χ4v) is 6.86. The molecule has 0 radical (unpaired) electrons. The molecule has 3 saturated heterocycles. The quantitative estimate of drug-likeness (QED) is 0.304. The number of hydrogen-bond acceptors (Lipinski definition) is 6. The Kier molecular flexibility index (Phi) is 10.9.